The lowest BCUT2D eigenvalue weighted by Gasteiger charge is -2.17. The molecule has 6 nitrogen and oxygen atoms in total. The van der Waals surface area contributed by atoms with E-state index in [1.54, 1.807) is 0 Å². The number of benzene rings is 1. The Kier molecular flexibility index (Phi) is 7.08. The molecular weight excluding hydrogens is 270 g/mol. The standard InChI is InChI=1S/C15H23N3O3/c1-4-18(2)13-8-5-7-12(11-13)17-14(19)9-6-10-16-15(20)21-3/h5,7-8,11H,4,6,9-10H2,1-3H3,(H,16,20)(H,17,19). The zero-order valence-electron chi connectivity index (χ0n) is 12.8. The first kappa shape index (κ1) is 16.8. The number of nitrogens with zero attached hydrogens (tertiary/aromatic N) is 1. The quantitative estimate of drug-likeness (QED) is 0.756. The van der Waals surface area contributed by atoms with E-state index in [9.17, 15) is 9.59 Å². The van der Waals surface area contributed by atoms with Crippen molar-refractivity contribution in [1.82, 2.24) is 5.32 Å². The second kappa shape index (κ2) is 8.84. The summed E-state index contributed by atoms with van der Waals surface area (Å²) in [4.78, 5) is 24.7. The molecule has 0 aromatic heterocycles. The van der Waals surface area contributed by atoms with Crippen LogP contribution in [-0.4, -0.2) is 39.2 Å². The fraction of sp³-hybridized carbons (Fsp3) is 0.467. The Hall–Kier alpha value is -2.24. The van der Waals surface area contributed by atoms with E-state index in [0.29, 0.717) is 19.4 Å². The van der Waals surface area contributed by atoms with Gasteiger partial charge in [0.15, 0.2) is 0 Å². The second-order valence-electron chi connectivity index (χ2n) is 4.63. The van der Waals surface area contributed by atoms with Crippen LogP contribution in [0.15, 0.2) is 24.3 Å². The van der Waals surface area contributed by atoms with Crippen LogP contribution in [0, 0.1) is 0 Å². The van der Waals surface area contributed by atoms with E-state index < -0.39 is 6.09 Å². The van der Waals surface area contributed by atoms with Gasteiger partial charge in [-0.05, 0) is 31.5 Å². The van der Waals surface area contributed by atoms with Gasteiger partial charge in [0.1, 0.15) is 0 Å². The fourth-order valence-corrected chi connectivity index (χ4v) is 1.74. The molecule has 2 N–H and O–H groups in total. The summed E-state index contributed by atoms with van der Waals surface area (Å²) >= 11 is 0. The fourth-order valence-electron chi connectivity index (χ4n) is 1.74. The van der Waals surface area contributed by atoms with E-state index in [1.807, 2.05) is 31.3 Å². The molecule has 0 aliphatic carbocycles. The molecular formula is C15H23N3O3. The van der Waals surface area contributed by atoms with Gasteiger partial charge in [-0.25, -0.2) is 4.79 Å². The van der Waals surface area contributed by atoms with Crippen LogP contribution in [0.2, 0.25) is 0 Å². The molecule has 0 aliphatic rings. The van der Waals surface area contributed by atoms with Gasteiger partial charge in [-0.15, -0.1) is 0 Å². The minimum Gasteiger partial charge on any atom is -0.453 e. The van der Waals surface area contributed by atoms with Gasteiger partial charge in [0, 0.05) is 37.9 Å². The minimum absolute atomic E-state index is 0.0713. The van der Waals surface area contributed by atoms with Gasteiger partial charge in [0.05, 0.1) is 7.11 Å². The molecule has 1 rings (SSSR count). The summed E-state index contributed by atoms with van der Waals surface area (Å²) in [5.41, 5.74) is 1.83. The predicted octanol–water partition coefficient (Wildman–Crippen LogP) is 2.22. The Balaban J connectivity index is 2.39. The molecule has 2 amide bonds. The number of hydrogen-bond donors (Lipinski definition) is 2. The lowest BCUT2D eigenvalue weighted by atomic mass is 10.2. The van der Waals surface area contributed by atoms with Crippen molar-refractivity contribution in [1.29, 1.82) is 0 Å². The lowest BCUT2D eigenvalue weighted by Crippen LogP contribution is -2.25. The summed E-state index contributed by atoms with van der Waals surface area (Å²) in [6.45, 7) is 3.38. The average molecular weight is 293 g/mol. The first-order valence-electron chi connectivity index (χ1n) is 6.99. The maximum Gasteiger partial charge on any atom is 0.406 e. The van der Waals surface area contributed by atoms with Gasteiger partial charge >= 0.3 is 6.09 Å². The highest BCUT2D eigenvalue weighted by Gasteiger charge is 2.05. The van der Waals surface area contributed by atoms with Crippen molar-refractivity contribution in [3.8, 4) is 0 Å². The number of hydrogen-bond acceptors (Lipinski definition) is 4. The molecule has 1 aromatic carbocycles. The van der Waals surface area contributed by atoms with E-state index in [1.165, 1.54) is 7.11 Å². The Labute approximate surface area is 125 Å². The van der Waals surface area contributed by atoms with Gasteiger partial charge in [-0.1, -0.05) is 6.07 Å². The summed E-state index contributed by atoms with van der Waals surface area (Å²) in [5.74, 6) is -0.0713. The number of ether oxygens (including phenoxy) is 1. The summed E-state index contributed by atoms with van der Waals surface area (Å²) < 4.78 is 4.44. The number of carbonyl (C=O) groups excluding carboxylic acids is 2. The van der Waals surface area contributed by atoms with Gasteiger partial charge in [0.2, 0.25) is 5.91 Å². The molecule has 0 saturated carbocycles. The van der Waals surface area contributed by atoms with Crippen molar-refractivity contribution in [3.05, 3.63) is 24.3 Å². The smallest absolute Gasteiger partial charge is 0.406 e. The second-order valence-corrected chi connectivity index (χ2v) is 4.63. The number of amides is 2. The third kappa shape index (κ3) is 6.16. The van der Waals surface area contributed by atoms with Crippen LogP contribution in [0.25, 0.3) is 0 Å². The van der Waals surface area contributed by atoms with E-state index >= 15 is 0 Å². The van der Waals surface area contributed by atoms with Crippen LogP contribution in [0.3, 0.4) is 0 Å². The SMILES string of the molecule is CCN(C)c1cccc(NC(=O)CCCNC(=O)OC)c1. The first-order chi connectivity index (χ1) is 10.1. The number of carbonyl (C=O) groups is 2. The van der Waals surface area contributed by atoms with Crippen molar-refractivity contribution in [2.24, 2.45) is 0 Å². The molecule has 0 radical (unpaired) electrons. The molecule has 0 atom stereocenters. The number of nitrogens with one attached hydrogen (secondary N) is 2. The van der Waals surface area contributed by atoms with Crippen molar-refractivity contribution in [2.75, 3.05) is 37.5 Å². The van der Waals surface area contributed by atoms with Crippen LogP contribution >= 0.6 is 0 Å². The highest BCUT2D eigenvalue weighted by Crippen LogP contribution is 2.18. The van der Waals surface area contributed by atoms with Crippen LogP contribution < -0.4 is 15.5 Å². The molecule has 21 heavy (non-hydrogen) atoms. The topological polar surface area (TPSA) is 70.7 Å². The zero-order valence-corrected chi connectivity index (χ0v) is 12.8. The monoisotopic (exact) mass is 293 g/mol. The molecule has 0 aliphatic heterocycles. The van der Waals surface area contributed by atoms with Crippen molar-refractivity contribution < 1.29 is 14.3 Å². The van der Waals surface area contributed by atoms with E-state index in [-0.39, 0.29) is 5.91 Å². The summed E-state index contributed by atoms with van der Waals surface area (Å²) in [7, 11) is 3.31. The highest BCUT2D eigenvalue weighted by atomic mass is 16.5. The normalized spacial score (nSPS) is 9.86. The average Bonchev–Trinajstić information content (AvgIpc) is 2.50. The summed E-state index contributed by atoms with van der Waals surface area (Å²) in [6.07, 6.45) is 0.429. The molecule has 0 saturated heterocycles. The van der Waals surface area contributed by atoms with Crippen LogP contribution in [-0.2, 0) is 9.53 Å². The number of alkyl carbamates (subject to hydrolysis) is 1. The number of methoxy groups -OCH3 is 1. The predicted molar refractivity (Wildman–Crippen MR) is 83.7 cm³/mol. The van der Waals surface area contributed by atoms with Crippen molar-refractivity contribution >= 4 is 23.4 Å². The van der Waals surface area contributed by atoms with Crippen molar-refractivity contribution in [2.45, 2.75) is 19.8 Å². The molecule has 0 bridgehead atoms. The highest BCUT2D eigenvalue weighted by molar-refractivity contribution is 5.91. The molecule has 0 heterocycles. The molecule has 0 unspecified atom stereocenters. The van der Waals surface area contributed by atoms with Gasteiger partial charge < -0.3 is 20.3 Å². The van der Waals surface area contributed by atoms with Gasteiger partial charge in [0.25, 0.3) is 0 Å². The summed E-state index contributed by atoms with van der Waals surface area (Å²) in [6, 6.07) is 7.71. The van der Waals surface area contributed by atoms with E-state index in [2.05, 4.69) is 27.2 Å². The third-order valence-electron chi connectivity index (χ3n) is 3.08. The largest absolute Gasteiger partial charge is 0.453 e. The number of rotatable bonds is 7. The first-order valence-corrected chi connectivity index (χ1v) is 6.99. The Morgan fingerprint density at radius 1 is 1.33 bits per heavy atom. The maximum absolute atomic E-state index is 11.8. The molecule has 6 heteroatoms. The zero-order chi connectivity index (χ0) is 15.7. The van der Waals surface area contributed by atoms with Crippen LogP contribution in [0.1, 0.15) is 19.8 Å². The molecule has 116 valence electrons. The molecule has 0 spiro atoms. The third-order valence-corrected chi connectivity index (χ3v) is 3.08. The Morgan fingerprint density at radius 3 is 2.76 bits per heavy atom. The summed E-state index contributed by atoms with van der Waals surface area (Å²) in [5, 5.41) is 5.39. The lowest BCUT2D eigenvalue weighted by molar-refractivity contribution is -0.116. The Morgan fingerprint density at radius 2 is 2.10 bits per heavy atom. The number of anilines is 2. The van der Waals surface area contributed by atoms with Crippen LogP contribution in [0.4, 0.5) is 16.2 Å². The maximum atomic E-state index is 11.8. The van der Waals surface area contributed by atoms with Crippen LogP contribution in [0.5, 0.6) is 0 Å². The minimum atomic E-state index is -0.481. The molecule has 1 aromatic rings. The molecule has 0 fully saturated rings. The van der Waals surface area contributed by atoms with Gasteiger partial charge in [-0.3, -0.25) is 4.79 Å². The van der Waals surface area contributed by atoms with Crippen molar-refractivity contribution in [3.63, 3.8) is 0 Å². The Bertz CT molecular complexity index is 477. The van der Waals surface area contributed by atoms with E-state index in [4.69, 9.17) is 0 Å². The van der Waals surface area contributed by atoms with Gasteiger partial charge in [-0.2, -0.15) is 0 Å². The van der Waals surface area contributed by atoms with E-state index in [0.717, 1.165) is 17.9 Å².